The van der Waals surface area contributed by atoms with Crippen LogP contribution in [0.1, 0.15) is 33.3 Å². The second kappa shape index (κ2) is 13.1. The number of benzene rings is 1. The van der Waals surface area contributed by atoms with Crippen molar-refractivity contribution < 1.29 is 35.9 Å². The van der Waals surface area contributed by atoms with Crippen molar-refractivity contribution in [2.75, 3.05) is 18.0 Å². The van der Waals surface area contributed by atoms with E-state index in [4.69, 9.17) is 0 Å². The number of aliphatic imine (C=N–C) groups is 1. The van der Waals surface area contributed by atoms with Crippen LogP contribution in [-0.2, 0) is 15.8 Å². The molecule has 0 fully saturated rings. The number of amides is 2. The Balaban J connectivity index is 2.53. The van der Waals surface area contributed by atoms with Crippen LogP contribution in [0.2, 0.25) is 0 Å². The van der Waals surface area contributed by atoms with E-state index in [0.29, 0.717) is 13.1 Å². The van der Waals surface area contributed by atoms with Gasteiger partial charge in [0.2, 0.25) is 5.91 Å². The van der Waals surface area contributed by atoms with Gasteiger partial charge in [-0.3, -0.25) is 19.5 Å². The second-order valence-electron chi connectivity index (χ2n) is 9.83. The lowest BCUT2D eigenvalue weighted by Crippen LogP contribution is -2.56. The number of hydrogen-bond acceptors (Lipinski definition) is 3. The van der Waals surface area contributed by atoms with E-state index >= 15 is 0 Å². The van der Waals surface area contributed by atoms with Crippen molar-refractivity contribution >= 4 is 23.7 Å². The molecule has 2 amide bonds. The molecule has 0 saturated carbocycles. The third-order valence-corrected chi connectivity index (χ3v) is 6.17. The molecule has 0 aromatic heterocycles. The van der Waals surface area contributed by atoms with Crippen molar-refractivity contribution in [3.63, 3.8) is 0 Å². The molecule has 0 N–H and O–H groups in total. The Morgan fingerprint density at radius 2 is 1.54 bits per heavy atom. The van der Waals surface area contributed by atoms with E-state index in [-0.39, 0.29) is 11.6 Å². The fraction of sp³-hybridized carbons (Fsp3) is 0.464. The van der Waals surface area contributed by atoms with E-state index in [0.717, 1.165) is 48.7 Å². The maximum Gasteiger partial charge on any atom is 0.416 e. The smallest absolute Gasteiger partial charge is 0.333 e. The molecule has 3 atom stereocenters. The number of alkyl halides is 6. The lowest BCUT2D eigenvalue weighted by Gasteiger charge is -2.37. The first-order valence-electron chi connectivity index (χ1n) is 12.4. The third kappa shape index (κ3) is 8.31. The van der Waals surface area contributed by atoms with Crippen LogP contribution >= 0.6 is 0 Å². The number of rotatable bonds is 10. The summed E-state index contributed by atoms with van der Waals surface area (Å²) < 4.78 is 78.6. The van der Waals surface area contributed by atoms with Gasteiger partial charge in [0.15, 0.2) is 0 Å². The maximum absolute atomic E-state index is 14.0. The molecule has 1 unspecified atom stereocenters. The zero-order valence-corrected chi connectivity index (χ0v) is 22.2. The van der Waals surface area contributed by atoms with Gasteiger partial charge >= 0.3 is 12.4 Å². The molecule has 1 aliphatic rings. The van der Waals surface area contributed by atoms with Crippen molar-refractivity contribution in [3.05, 3.63) is 66.8 Å². The molecule has 1 heterocycles. The molecule has 1 aromatic rings. The molecule has 39 heavy (non-hydrogen) atoms. The van der Waals surface area contributed by atoms with E-state index < -0.39 is 53.7 Å². The number of anilines is 1. The normalized spacial score (nSPS) is 16.9. The van der Waals surface area contributed by atoms with Gasteiger partial charge in [0.25, 0.3) is 5.91 Å². The average Bonchev–Trinajstić information content (AvgIpc) is 3.37. The van der Waals surface area contributed by atoms with E-state index in [9.17, 15) is 35.9 Å². The van der Waals surface area contributed by atoms with Gasteiger partial charge in [0, 0.05) is 25.0 Å². The molecule has 5 nitrogen and oxygen atoms in total. The molecular formula is C28H33F6N3O2. The topological polar surface area (TPSA) is 53.0 Å². The number of allylic oxidation sites excluding steroid dienone is 3. The van der Waals surface area contributed by atoms with Crippen LogP contribution in [0.5, 0.6) is 0 Å². The predicted octanol–water partition coefficient (Wildman–Crippen LogP) is 6.48. The minimum Gasteiger partial charge on any atom is -0.333 e. The summed E-state index contributed by atoms with van der Waals surface area (Å²) in [7, 11) is 0. The Hall–Kier alpha value is -3.37. The molecule has 0 bridgehead atoms. The van der Waals surface area contributed by atoms with Crippen LogP contribution in [0.25, 0.3) is 0 Å². The molecule has 1 aromatic carbocycles. The molecule has 11 heteroatoms. The Bertz CT molecular complexity index is 1080. The third-order valence-electron chi connectivity index (χ3n) is 6.17. The average molecular weight is 558 g/mol. The first kappa shape index (κ1) is 31.8. The second-order valence-corrected chi connectivity index (χ2v) is 9.83. The standard InChI is InChI=1S/C28H33F6N3O2/c1-6-20(27(29,30)31)10-9-15-35-23(18(2)3)25(38)37(22-13-11-21(12-14-22)28(32,33)34)24(19(4)5)26(39)36-16-7-8-17-36/h6-15,18-20,23-24H,1,16-17H2,2-5H3/t20?,23-,24+/m1/s1. The highest BCUT2D eigenvalue weighted by atomic mass is 19.4. The van der Waals surface area contributed by atoms with Crippen LogP contribution in [0.15, 0.2) is 66.2 Å². The highest BCUT2D eigenvalue weighted by Gasteiger charge is 2.40. The summed E-state index contributed by atoms with van der Waals surface area (Å²) in [4.78, 5) is 34.4. The lowest BCUT2D eigenvalue weighted by molar-refractivity contribution is -0.148. The predicted molar refractivity (Wildman–Crippen MR) is 139 cm³/mol. The fourth-order valence-electron chi connectivity index (χ4n) is 4.07. The molecule has 214 valence electrons. The summed E-state index contributed by atoms with van der Waals surface area (Å²) in [5.41, 5.74) is -0.841. The maximum atomic E-state index is 14.0. The molecule has 0 aliphatic carbocycles. The molecular weight excluding hydrogens is 524 g/mol. The molecule has 0 radical (unpaired) electrons. The van der Waals surface area contributed by atoms with Crippen molar-refractivity contribution in [2.45, 2.75) is 52.1 Å². The first-order valence-corrected chi connectivity index (χ1v) is 12.4. The fourth-order valence-corrected chi connectivity index (χ4v) is 4.07. The van der Waals surface area contributed by atoms with E-state index in [1.807, 2.05) is 0 Å². The first-order chi connectivity index (χ1) is 18.1. The summed E-state index contributed by atoms with van der Waals surface area (Å²) in [6, 6.07) is 1.73. The number of nitrogens with zero attached hydrogens (tertiary/aromatic N) is 3. The van der Waals surface area contributed by atoms with Crippen molar-refractivity contribution in [1.29, 1.82) is 0 Å². The van der Waals surface area contributed by atoms with Gasteiger partial charge in [-0.25, -0.2) is 0 Å². The molecule has 1 aliphatic heterocycles. The van der Waals surface area contributed by atoms with Gasteiger partial charge in [0.1, 0.15) is 12.1 Å². The number of hydrogen-bond donors (Lipinski definition) is 0. The Morgan fingerprint density at radius 1 is 0.974 bits per heavy atom. The number of carbonyl (C=O) groups excluding carboxylic acids is 2. The van der Waals surface area contributed by atoms with E-state index in [2.05, 4.69) is 11.6 Å². The summed E-state index contributed by atoms with van der Waals surface area (Å²) >= 11 is 0. The number of carbonyl (C=O) groups is 2. The molecule has 2 rings (SSSR count). The van der Waals surface area contributed by atoms with Crippen LogP contribution in [-0.4, -0.2) is 54.3 Å². The van der Waals surface area contributed by atoms with Gasteiger partial charge in [-0.05, 0) is 42.2 Å². The van der Waals surface area contributed by atoms with Crippen LogP contribution < -0.4 is 4.90 Å². The van der Waals surface area contributed by atoms with Gasteiger partial charge in [0.05, 0.1) is 11.5 Å². The minimum absolute atomic E-state index is 0.0763. The Kier molecular flexibility index (Phi) is 10.7. The SMILES string of the molecule is C=CC(C=CC=N[C@@H](C(=O)N(c1ccc(C(F)(F)F)cc1)[C@H](C(=O)N1CC=CC1)C(C)C)C(C)C)C(F)(F)F. The summed E-state index contributed by atoms with van der Waals surface area (Å²) in [6.45, 7) is 10.6. The van der Waals surface area contributed by atoms with Gasteiger partial charge in [-0.15, -0.1) is 6.58 Å². The monoisotopic (exact) mass is 557 g/mol. The quantitative estimate of drug-likeness (QED) is 0.188. The summed E-state index contributed by atoms with van der Waals surface area (Å²) in [5.74, 6) is -3.83. The van der Waals surface area contributed by atoms with Crippen LogP contribution in [0, 0.1) is 17.8 Å². The van der Waals surface area contributed by atoms with Crippen molar-refractivity contribution in [2.24, 2.45) is 22.7 Å². The van der Waals surface area contributed by atoms with Gasteiger partial charge < -0.3 is 4.90 Å². The van der Waals surface area contributed by atoms with Gasteiger partial charge in [-0.2, -0.15) is 26.3 Å². The molecule has 0 saturated heterocycles. The summed E-state index contributed by atoms with van der Waals surface area (Å²) in [5, 5.41) is 0. The van der Waals surface area contributed by atoms with E-state index in [1.54, 1.807) is 39.8 Å². The number of halogens is 6. The summed E-state index contributed by atoms with van der Waals surface area (Å²) in [6.07, 6.45) is -1.83. The van der Waals surface area contributed by atoms with E-state index in [1.165, 1.54) is 9.80 Å². The molecule has 0 spiro atoms. The van der Waals surface area contributed by atoms with Gasteiger partial charge in [-0.1, -0.05) is 52.0 Å². The minimum atomic E-state index is -4.60. The van der Waals surface area contributed by atoms with Crippen LogP contribution in [0.3, 0.4) is 0 Å². The highest BCUT2D eigenvalue weighted by Crippen LogP contribution is 2.33. The zero-order valence-electron chi connectivity index (χ0n) is 22.2. The van der Waals surface area contributed by atoms with Crippen molar-refractivity contribution in [1.82, 2.24) is 4.90 Å². The lowest BCUT2D eigenvalue weighted by atomic mass is 9.96. The highest BCUT2D eigenvalue weighted by molar-refractivity contribution is 6.04. The largest absolute Gasteiger partial charge is 0.416 e. The Labute approximate surface area is 224 Å². The Morgan fingerprint density at radius 3 is 1.97 bits per heavy atom. The van der Waals surface area contributed by atoms with Crippen LogP contribution in [0.4, 0.5) is 32.0 Å². The van der Waals surface area contributed by atoms with Crippen molar-refractivity contribution in [3.8, 4) is 0 Å². The zero-order chi connectivity index (χ0) is 29.5.